The van der Waals surface area contributed by atoms with Gasteiger partial charge in [0.15, 0.2) is 0 Å². The van der Waals surface area contributed by atoms with Crippen LogP contribution in [0.1, 0.15) is 47.0 Å². The van der Waals surface area contributed by atoms with Gasteiger partial charge in [-0.3, -0.25) is 4.79 Å². The second-order valence-electron chi connectivity index (χ2n) is 6.78. The highest BCUT2D eigenvalue weighted by Crippen LogP contribution is 2.25. The molecule has 7 nitrogen and oxygen atoms in total. The van der Waals surface area contributed by atoms with Gasteiger partial charge in [-0.25, -0.2) is 18.4 Å². The van der Waals surface area contributed by atoms with Crippen molar-refractivity contribution in [3.05, 3.63) is 0 Å². The number of nitrogens with two attached hydrogens (primary N) is 1. The van der Waals surface area contributed by atoms with E-state index in [0.717, 1.165) is 0 Å². The summed E-state index contributed by atoms with van der Waals surface area (Å²) in [6.45, 7) is 7.44. The third kappa shape index (κ3) is 5.92. The summed E-state index contributed by atoms with van der Waals surface area (Å²) < 4.78 is 27.7. The van der Waals surface area contributed by atoms with Crippen LogP contribution in [0.15, 0.2) is 0 Å². The Morgan fingerprint density at radius 1 is 1.45 bits per heavy atom. The quantitative estimate of drug-likeness (QED) is 0.717. The first-order valence-electron chi connectivity index (χ1n) is 7.45. The predicted octanol–water partition coefficient (Wildman–Crippen LogP) is 0.634. The van der Waals surface area contributed by atoms with E-state index >= 15 is 0 Å². The van der Waals surface area contributed by atoms with Crippen molar-refractivity contribution in [1.82, 2.24) is 4.90 Å². The predicted molar refractivity (Wildman–Crippen MR) is 82.3 cm³/mol. The first-order chi connectivity index (χ1) is 9.93. The van der Waals surface area contributed by atoms with Gasteiger partial charge >= 0.3 is 5.97 Å². The van der Waals surface area contributed by atoms with E-state index in [1.165, 1.54) is 4.90 Å². The molecule has 1 rings (SSSR count). The van der Waals surface area contributed by atoms with Crippen molar-refractivity contribution in [2.75, 3.05) is 12.3 Å². The Bertz CT molecular complexity index is 524. The van der Waals surface area contributed by atoms with Gasteiger partial charge in [-0.15, -0.1) is 0 Å². The average Bonchev–Trinajstić information content (AvgIpc) is 2.61. The number of sulfonamides is 1. The van der Waals surface area contributed by atoms with Crippen molar-refractivity contribution in [2.24, 2.45) is 11.1 Å². The molecule has 1 heterocycles. The zero-order valence-corrected chi connectivity index (χ0v) is 14.5. The number of nitrogens with zero attached hydrogens (tertiary/aromatic N) is 1. The van der Waals surface area contributed by atoms with Crippen LogP contribution in [0.4, 0.5) is 0 Å². The van der Waals surface area contributed by atoms with Crippen molar-refractivity contribution >= 4 is 21.9 Å². The first kappa shape index (κ1) is 18.9. The summed E-state index contributed by atoms with van der Waals surface area (Å²) >= 11 is 0. The van der Waals surface area contributed by atoms with E-state index in [1.54, 1.807) is 20.8 Å². The molecule has 0 saturated carbocycles. The van der Waals surface area contributed by atoms with Crippen LogP contribution in [0.3, 0.4) is 0 Å². The Balaban J connectivity index is 2.83. The number of hydrogen-bond donors (Lipinski definition) is 1. The van der Waals surface area contributed by atoms with E-state index in [4.69, 9.17) is 9.88 Å². The van der Waals surface area contributed by atoms with E-state index in [1.807, 2.05) is 6.92 Å². The molecule has 0 radical (unpaired) electrons. The van der Waals surface area contributed by atoms with Crippen LogP contribution in [-0.4, -0.2) is 49.1 Å². The summed E-state index contributed by atoms with van der Waals surface area (Å²) in [5.74, 6) is -1.29. The number of likely N-dealkylation sites (tertiary alicyclic amines) is 1. The van der Waals surface area contributed by atoms with Crippen LogP contribution in [0, 0.1) is 5.92 Å². The van der Waals surface area contributed by atoms with Crippen molar-refractivity contribution in [3.8, 4) is 0 Å². The molecule has 1 aliphatic heterocycles. The molecule has 0 aromatic carbocycles. The van der Waals surface area contributed by atoms with Gasteiger partial charge in [0, 0.05) is 18.9 Å². The molecule has 0 aromatic heterocycles. The van der Waals surface area contributed by atoms with Gasteiger partial charge in [0.2, 0.25) is 15.9 Å². The Labute approximate surface area is 132 Å². The summed E-state index contributed by atoms with van der Waals surface area (Å²) in [7, 11) is -3.64. The highest BCUT2D eigenvalue weighted by atomic mass is 32.2. The third-order valence-electron chi connectivity index (χ3n) is 3.32. The third-order valence-corrected chi connectivity index (χ3v) is 4.26. The minimum atomic E-state index is -3.64. The van der Waals surface area contributed by atoms with Crippen LogP contribution in [0.2, 0.25) is 0 Å². The summed E-state index contributed by atoms with van der Waals surface area (Å²) in [5.41, 5.74) is -0.633. The van der Waals surface area contributed by atoms with E-state index in [0.29, 0.717) is 12.8 Å². The normalized spacial score (nSPS) is 21.0. The fourth-order valence-electron chi connectivity index (χ4n) is 2.59. The fraction of sp³-hybridized carbons (Fsp3) is 0.857. The number of esters is 1. The van der Waals surface area contributed by atoms with Gasteiger partial charge in [-0.1, -0.05) is 13.3 Å². The molecule has 0 aromatic rings. The molecule has 128 valence electrons. The van der Waals surface area contributed by atoms with Crippen LogP contribution >= 0.6 is 0 Å². The SMILES string of the molecule is CCCC(C(=O)OC(C)(C)C)N1CC(CS(N)(=O)=O)CC1=O. The van der Waals surface area contributed by atoms with Crippen molar-refractivity contribution < 1.29 is 22.7 Å². The molecule has 0 aliphatic carbocycles. The smallest absolute Gasteiger partial charge is 0.329 e. The minimum Gasteiger partial charge on any atom is -0.458 e. The zero-order chi connectivity index (χ0) is 17.1. The largest absolute Gasteiger partial charge is 0.458 e. The van der Waals surface area contributed by atoms with Gasteiger partial charge in [-0.05, 0) is 27.2 Å². The highest BCUT2D eigenvalue weighted by Gasteiger charge is 2.39. The molecule has 2 N–H and O–H groups in total. The number of carbonyl (C=O) groups excluding carboxylic acids is 2. The number of hydrogen-bond acceptors (Lipinski definition) is 5. The summed E-state index contributed by atoms with van der Waals surface area (Å²) in [6, 6.07) is -0.665. The van der Waals surface area contributed by atoms with Crippen molar-refractivity contribution in [2.45, 2.75) is 58.6 Å². The van der Waals surface area contributed by atoms with Crippen LogP contribution < -0.4 is 5.14 Å². The number of amides is 1. The van der Waals surface area contributed by atoms with E-state index in [-0.39, 0.29) is 30.5 Å². The molecule has 2 unspecified atom stereocenters. The molecule has 0 spiro atoms. The topological polar surface area (TPSA) is 107 Å². The second-order valence-corrected chi connectivity index (χ2v) is 8.44. The number of ether oxygens (including phenoxy) is 1. The van der Waals surface area contributed by atoms with Gasteiger partial charge in [-0.2, -0.15) is 0 Å². The lowest BCUT2D eigenvalue weighted by Crippen LogP contribution is -2.45. The Morgan fingerprint density at radius 3 is 2.50 bits per heavy atom. The van der Waals surface area contributed by atoms with Crippen molar-refractivity contribution in [3.63, 3.8) is 0 Å². The van der Waals surface area contributed by atoms with Crippen LogP contribution in [0.5, 0.6) is 0 Å². The summed E-state index contributed by atoms with van der Waals surface area (Å²) in [4.78, 5) is 25.9. The lowest BCUT2D eigenvalue weighted by molar-refractivity contribution is -0.164. The molecular weight excluding hydrogens is 308 g/mol. The molecule has 1 aliphatic rings. The highest BCUT2D eigenvalue weighted by molar-refractivity contribution is 7.89. The standard InChI is InChI=1S/C14H26N2O5S/c1-5-6-11(13(18)21-14(2,3)4)16-8-10(7-12(16)17)9-22(15,19)20/h10-11H,5-9H2,1-4H3,(H2,15,19,20). The second kappa shape index (κ2) is 6.95. The average molecular weight is 334 g/mol. The fourth-order valence-corrected chi connectivity index (χ4v) is 3.47. The van der Waals surface area contributed by atoms with Gasteiger partial charge in [0.05, 0.1) is 5.75 Å². The molecule has 1 fully saturated rings. The van der Waals surface area contributed by atoms with E-state index in [2.05, 4.69) is 0 Å². The summed E-state index contributed by atoms with van der Waals surface area (Å²) in [5, 5.41) is 5.03. The lowest BCUT2D eigenvalue weighted by Gasteiger charge is -2.29. The molecule has 2 atom stereocenters. The Morgan fingerprint density at radius 2 is 2.05 bits per heavy atom. The monoisotopic (exact) mass is 334 g/mol. The molecule has 8 heteroatoms. The molecule has 0 bridgehead atoms. The number of primary sulfonamides is 1. The number of rotatable bonds is 6. The Kier molecular flexibility index (Phi) is 5.97. The number of carbonyl (C=O) groups is 2. The first-order valence-corrected chi connectivity index (χ1v) is 9.17. The maximum Gasteiger partial charge on any atom is 0.329 e. The molecule has 1 saturated heterocycles. The van der Waals surface area contributed by atoms with Gasteiger partial charge in [0.1, 0.15) is 11.6 Å². The van der Waals surface area contributed by atoms with Crippen LogP contribution in [0.25, 0.3) is 0 Å². The van der Waals surface area contributed by atoms with Crippen LogP contribution in [-0.2, 0) is 24.3 Å². The van der Waals surface area contributed by atoms with E-state index in [9.17, 15) is 18.0 Å². The maximum absolute atomic E-state index is 12.3. The van der Waals surface area contributed by atoms with Gasteiger partial charge in [0.25, 0.3) is 0 Å². The molecule has 22 heavy (non-hydrogen) atoms. The summed E-state index contributed by atoms with van der Waals surface area (Å²) in [6.07, 6.45) is 1.30. The maximum atomic E-state index is 12.3. The van der Waals surface area contributed by atoms with Gasteiger partial charge < -0.3 is 9.64 Å². The molecule has 1 amide bonds. The Hall–Kier alpha value is -1.15. The minimum absolute atomic E-state index is 0.0967. The molecular formula is C14H26N2O5S. The lowest BCUT2D eigenvalue weighted by atomic mass is 10.1. The van der Waals surface area contributed by atoms with E-state index < -0.39 is 27.6 Å². The zero-order valence-electron chi connectivity index (χ0n) is 13.7. The van der Waals surface area contributed by atoms with Crippen molar-refractivity contribution in [1.29, 1.82) is 0 Å².